The van der Waals surface area contributed by atoms with Crippen LogP contribution >= 0.6 is 0 Å². The van der Waals surface area contributed by atoms with Gasteiger partial charge in [-0.15, -0.1) is 0 Å². The Kier molecular flexibility index (Phi) is 3.48. The van der Waals surface area contributed by atoms with Crippen LogP contribution in [0, 0.1) is 5.92 Å². The highest BCUT2D eigenvalue weighted by atomic mass is 16.3. The number of piperidine rings is 1. The largest absolute Gasteiger partial charge is 0.468 e. The molecule has 3 heterocycles. The standard InChI is InChI=1S/C14H22N2O/c1-2-10-16(9-1)14(13-4-3-11-17-13)12-5-7-15-8-6-12/h3-4,11-12,14-15H,1-2,5-10H2. The molecule has 1 N–H and O–H groups in total. The van der Waals surface area contributed by atoms with Gasteiger partial charge < -0.3 is 9.73 Å². The van der Waals surface area contributed by atoms with E-state index in [4.69, 9.17) is 4.42 Å². The third kappa shape index (κ3) is 2.40. The lowest BCUT2D eigenvalue weighted by Crippen LogP contribution is -2.37. The number of hydrogen-bond acceptors (Lipinski definition) is 3. The number of nitrogens with zero attached hydrogens (tertiary/aromatic N) is 1. The topological polar surface area (TPSA) is 28.4 Å². The third-order valence-electron chi connectivity index (χ3n) is 4.20. The van der Waals surface area contributed by atoms with Crippen LogP contribution in [-0.4, -0.2) is 31.1 Å². The SMILES string of the molecule is c1coc(C(C2CCNCC2)N2CCCC2)c1. The minimum atomic E-state index is 0.523. The summed E-state index contributed by atoms with van der Waals surface area (Å²) in [5.41, 5.74) is 0. The highest BCUT2D eigenvalue weighted by molar-refractivity contribution is 5.07. The lowest BCUT2D eigenvalue weighted by molar-refractivity contribution is 0.127. The van der Waals surface area contributed by atoms with Crippen molar-refractivity contribution < 1.29 is 4.42 Å². The summed E-state index contributed by atoms with van der Waals surface area (Å²) in [6, 6.07) is 4.71. The van der Waals surface area contributed by atoms with E-state index in [2.05, 4.69) is 16.3 Å². The second-order valence-corrected chi connectivity index (χ2v) is 5.29. The smallest absolute Gasteiger partial charge is 0.121 e. The van der Waals surface area contributed by atoms with Crippen LogP contribution in [0.1, 0.15) is 37.5 Å². The van der Waals surface area contributed by atoms with E-state index in [1.807, 2.05) is 12.3 Å². The normalized spacial score (nSPS) is 25.2. The summed E-state index contributed by atoms with van der Waals surface area (Å²) >= 11 is 0. The van der Waals surface area contributed by atoms with Crippen molar-refractivity contribution in [1.82, 2.24) is 10.2 Å². The Hall–Kier alpha value is -0.800. The summed E-state index contributed by atoms with van der Waals surface area (Å²) in [4.78, 5) is 2.63. The summed E-state index contributed by atoms with van der Waals surface area (Å²) in [5, 5.41) is 3.46. The fourth-order valence-corrected chi connectivity index (χ4v) is 3.35. The average Bonchev–Trinajstić information content (AvgIpc) is 3.04. The molecule has 2 aliphatic heterocycles. The Morgan fingerprint density at radius 1 is 1.24 bits per heavy atom. The van der Waals surface area contributed by atoms with Gasteiger partial charge in [-0.1, -0.05) is 0 Å². The minimum Gasteiger partial charge on any atom is -0.468 e. The predicted octanol–water partition coefficient (Wildman–Crippen LogP) is 2.42. The van der Waals surface area contributed by atoms with Crippen LogP contribution in [0.4, 0.5) is 0 Å². The van der Waals surface area contributed by atoms with E-state index in [9.17, 15) is 0 Å². The van der Waals surface area contributed by atoms with Gasteiger partial charge in [-0.05, 0) is 69.9 Å². The molecule has 1 unspecified atom stereocenters. The van der Waals surface area contributed by atoms with E-state index >= 15 is 0 Å². The molecule has 17 heavy (non-hydrogen) atoms. The summed E-state index contributed by atoms with van der Waals surface area (Å²) in [6.07, 6.45) is 7.08. The van der Waals surface area contributed by atoms with Crippen molar-refractivity contribution >= 4 is 0 Å². The van der Waals surface area contributed by atoms with E-state index < -0.39 is 0 Å². The number of hydrogen-bond donors (Lipinski definition) is 1. The molecule has 3 nitrogen and oxygen atoms in total. The highest BCUT2D eigenvalue weighted by Crippen LogP contribution is 2.36. The zero-order valence-electron chi connectivity index (χ0n) is 10.4. The van der Waals surface area contributed by atoms with E-state index in [0.29, 0.717) is 6.04 Å². The van der Waals surface area contributed by atoms with Gasteiger partial charge in [0.1, 0.15) is 5.76 Å². The molecule has 1 atom stereocenters. The monoisotopic (exact) mass is 234 g/mol. The lowest BCUT2D eigenvalue weighted by Gasteiger charge is -2.35. The molecule has 0 radical (unpaired) electrons. The van der Waals surface area contributed by atoms with Gasteiger partial charge >= 0.3 is 0 Å². The van der Waals surface area contributed by atoms with Crippen LogP contribution in [-0.2, 0) is 0 Å². The Morgan fingerprint density at radius 3 is 2.65 bits per heavy atom. The van der Waals surface area contributed by atoms with Crippen molar-refractivity contribution in [3.05, 3.63) is 24.2 Å². The van der Waals surface area contributed by atoms with Gasteiger partial charge in [0.2, 0.25) is 0 Å². The van der Waals surface area contributed by atoms with Crippen molar-refractivity contribution in [2.75, 3.05) is 26.2 Å². The van der Waals surface area contributed by atoms with Gasteiger partial charge in [0.05, 0.1) is 12.3 Å². The van der Waals surface area contributed by atoms with Gasteiger partial charge in [-0.25, -0.2) is 0 Å². The van der Waals surface area contributed by atoms with Crippen LogP contribution in [0.5, 0.6) is 0 Å². The molecule has 0 saturated carbocycles. The molecule has 0 aromatic carbocycles. The summed E-state index contributed by atoms with van der Waals surface area (Å²) in [5.74, 6) is 1.94. The van der Waals surface area contributed by atoms with Crippen LogP contribution in [0.15, 0.2) is 22.8 Å². The minimum absolute atomic E-state index is 0.523. The quantitative estimate of drug-likeness (QED) is 0.870. The van der Waals surface area contributed by atoms with Crippen molar-refractivity contribution in [3.8, 4) is 0 Å². The summed E-state index contributed by atoms with van der Waals surface area (Å²) in [7, 11) is 0. The first kappa shape index (κ1) is 11.3. The summed E-state index contributed by atoms with van der Waals surface area (Å²) < 4.78 is 5.70. The molecule has 1 aromatic heterocycles. The molecule has 0 aliphatic carbocycles. The van der Waals surface area contributed by atoms with Gasteiger partial charge in [0.25, 0.3) is 0 Å². The van der Waals surface area contributed by atoms with Gasteiger partial charge in [0, 0.05) is 0 Å². The fraction of sp³-hybridized carbons (Fsp3) is 0.714. The molecule has 3 rings (SSSR count). The molecule has 94 valence electrons. The molecule has 2 saturated heterocycles. The predicted molar refractivity (Wildman–Crippen MR) is 67.8 cm³/mol. The first-order chi connectivity index (χ1) is 8.45. The van der Waals surface area contributed by atoms with E-state index in [1.165, 1.54) is 44.5 Å². The van der Waals surface area contributed by atoms with Crippen molar-refractivity contribution in [1.29, 1.82) is 0 Å². The molecule has 1 aromatic rings. The molecule has 2 fully saturated rings. The molecule has 0 spiro atoms. The zero-order valence-corrected chi connectivity index (χ0v) is 10.4. The molecular weight excluding hydrogens is 212 g/mol. The third-order valence-corrected chi connectivity index (χ3v) is 4.20. The van der Waals surface area contributed by atoms with E-state index in [-0.39, 0.29) is 0 Å². The van der Waals surface area contributed by atoms with E-state index in [1.54, 1.807) is 0 Å². The first-order valence-electron chi connectivity index (χ1n) is 6.93. The van der Waals surface area contributed by atoms with Crippen molar-refractivity contribution in [2.45, 2.75) is 31.7 Å². The Labute approximate surface area is 103 Å². The molecule has 2 aliphatic rings. The fourth-order valence-electron chi connectivity index (χ4n) is 3.35. The maximum Gasteiger partial charge on any atom is 0.121 e. The number of furan rings is 1. The van der Waals surface area contributed by atoms with Gasteiger partial charge in [-0.2, -0.15) is 0 Å². The number of rotatable bonds is 3. The Morgan fingerprint density at radius 2 is 2.00 bits per heavy atom. The molecule has 0 amide bonds. The Bertz CT molecular complexity index is 324. The van der Waals surface area contributed by atoms with Crippen molar-refractivity contribution in [2.24, 2.45) is 5.92 Å². The van der Waals surface area contributed by atoms with Gasteiger partial charge in [-0.3, -0.25) is 4.90 Å². The lowest BCUT2D eigenvalue weighted by atomic mass is 9.88. The van der Waals surface area contributed by atoms with Crippen LogP contribution in [0.2, 0.25) is 0 Å². The van der Waals surface area contributed by atoms with E-state index in [0.717, 1.165) is 19.0 Å². The zero-order chi connectivity index (χ0) is 11.5. The number of nitrogens with one attached hydrogen (secondary N) is 1. The molecule has 0 bridgehead atoms. The maximum atomic E-state index is 5.70. The average molecular weight is 234 g/mol. The molecule has 3 heteroatoms. The second-order valence-electron chi connectivity index (χ2n) is 5.29. The van der Waals surface area contributed by atoms with Crippen LogP contribution in [0.3, 0.4) is 0 Å². The first-order valence-corrected chi connectivity index (χ1v) is 6.93. The van der Waals surface area contributed by atoms with Crippen LogP contribution < -0.4 is 5.32 Å². The van der Waals surface area contributed by atoms with Crippen LogP contribution in [0.25, 0.3) is 0 Å². The summed E-state index contributed by atoms with van der Waals surface area (Å²) in [6.45, 7) is 4.82. The highest BCUT2D eigenvalue weighted by Gasteiger charge is 2.33. The van der Waals surface area contributed by atoms with Crippen molar-refractivity contribution in [3.63, 3.8) is 0 Å². The Balaban J connectivity index is 1.79. The molecular formula is C14H22N2O. The maximum absolute atomic E-state index is 5.70. The van der Waals surface area contributed by atoms with Gasteiger partial charge in [0.15, 0.2) is 0 Å². The number of likely N-dealkylation sites (tertiary alicyclic amines) is 1. The second kappa shape index (κ2) is 5.23.